The lowest BCUT2D eigenvalue weighted by Gasteiger charge is -2.38. The van der Waals surface area contributed by atoms with Gasteiger partial charge in [-0.05, 0) is 53.1 Å². The predicted octanol–water partition coefficient (Wildman–Crippen LogP) is 5.33. The van der Waals surface area contributed by atoms with E-state index in [9.17, 15) is 4.79 Å². The van der Waals surface area contributed by atoms with Crippen LogP contribution in [0, 0.1) is 5.92 Å². The first-order chi connectivity index (χ1) is 12.0. The molecule has 0 unspecified atom stereocenters. The standard InChI is InChI=1S/C22H23NO2/c1-13(2)16-10-11-20-19(12-16)17-4-3-5-18(17)21(23-20)14-6-8-15(9-7-14)22(24)25/h3-4,6-13,17-18,21,23H,5H2,1-2H3,(H,24,25)/t17-,18+,21+/m0/s1. The maximum Gasteiger partial charge on any atom is 0.335 e. The summed E-state index contributed by atoms with van der Waals surface area (Å²) >= 11 is 0. The number of hydrogen-bond acceptors (Lipinski definition) is 2. The Labute approximate surface area is 148 Å². The van der Waals surface area contributed by atoms with E-state index >= 15 is 0 Å². The van der Waals surface area contributed by atoms with Gasteiger partial charge in [0.2, 0.25) is 0 Å². The summed E-state index contributed by atoms with van der Waals surface area (Å²) in [6, 6.07) is 14.3. The number of carbonyl (C=O) groups is 1. The highest BCUT2D eigenvalue weighted by atomic mass is 16.4. The second-order valence-corrected chi connectivity index (χ2v) is 7.40. The lowest BCUT2D eigenvalue weighted by atomic mass is 9.76. The molecule has 1 heterocycles. The molecule has 1 aliphatic heterocycles. The first kappa shape index (κ1) is 15.9. The number of hydrogen-bond donors (Lipinski definition) is 2. The minimum Gasteiger partial charge on any atom is -0.478 e. The Kier molecular flexibility index (Phi) is 3.87. The summed E-state index contributed by atoms with van der Waals surface area (Å²) < 4.78 is 0. The molecular weight excluding hydrogens is 310 g/mol. The highest BCUT2D eigenvalue weighted by Gasteiger charge is 2.37. The minimum absolute atomic E-state index is 0.209. The molecule has 4 rings (SSSR count). The van der Waals surface area contributed by atoms with Gasteiger partial charge < -0.3 is 10.4 Å². The largest absolute Gasteiger partial charge is 0.478 e. The second kappa shape index (κ2) is 6.07. The summed E-state index contributed by atoms with van der Waals surface area (Å²) in [6.07, 6.45) is 5.67. The third kappa shape index (κ3) is 2.74. The third-order valence-corrected chi connectivity index (χ3v) is 5.57. The Bertz CT molecular complexity index is 836. The van der Waals surface area contributed by atoms with Gasteiger partial charge in [0.05, 0.1) is 11.6 Å². The molecule has 0 radical (unpaired) electrons. The van der Waals surface area contributed by atoms with Crippen LogP contribution >= 0.6 is 0 Å². The number of allylic oxidation sites excluding steroid dienone is 2. The van der Waals surface area contributed by atoms with Crippen molar-refractivity contribution in [3.8, 4) is 0 Å². The number of anilines is 1. The molecule has 0 saturated heterocycles. The molecule has 0 saturated carbocycles. The van der Waals surface area contributed by atoms with E-state index in [0.29, 0.717) is 23.3 Å². The molecule has 128 valence electrons. The van der Waals surface area contributed by atoms with E-state index in [2.05, 4.69) is 49.5 Å². The van der Waals surface area contributed by atoms with Gasteiger partial charge in [-0.2, -0.15) is 0 Å². The van der Waals surface area contributed by atoms with Crippen molar-refractivity contribution in [2.45, 2.75) is 38.1 Å². The van der Waals surface area contributed by atoms with E-state index in [1.807, 2.05) is 12.1 Å². The van der Waals surface area contributed by atoms with Crippen molar-refractivity contribution < 1.29 is 9.90 Å². The van der Waals surface area contributed by atoms with E-state index in [-0.39, 0.29) is 6.04 Å². The van der Waals surface area contributed by atoms with E-state index in [4.69, 9.17) is 5.11 Å². The van der Waals surface area contributed by atoms with Crippen LogP contribution in [0.4, 0.5) is 5.69 Å². The van der Waals surface area contributed by atoms with Gasteiger partial charge in [0, 0.05) is 11.6 Å². The predicted molar refractivity (Wildman–Crippen MR) is 100 cm³/mol. The monoisotopic (exact) mass is 333 g/mol. The molecule has 1 aliphatic carbocycles. The fraction of sp³-hybridized carbons (Fsp3) is 0.318. The molecule has 25 heavy (non-hydrogen) atoms. The van der Waals surface area contributed by atoms with Crippen molar-refractivity contribution in [1.29, 1.82) is 0 Å². The highest BCUT2D eigenvalue weighted by Crippen LogP contribution is 2.50. The van der Waals surface area contributed by atoms with E-state index in [0.717, 1.165) is 12.0 Å². The van der Waals surface area contributed by atoms with E-state index in [1.165, 1.54) is 16.8 Å². The second-order valence-electron chi connectivity index (χ2n) is 7.40. The number of aromatic carboxylic acids is 1. The van der Waals surface area contributed by atoms with Gasteiger partial charge >= 0.3 is 5.97 Å². The van der Waals surface area contributed by atoms with Gasteiger partial charge in [-0.15, -0.1) is 0 Å². The summed E-state index contributed by atoms with van der Waals surface area (Å²) in [5, 5.41) is 12.8. The maximum absolute atomic E-state index is 11.1. The summed E-state index contributed by atoms with van der Waals surface area (Å²) in [4.78, 5) is 11.1. The molecule has 0 bridgehead atoms. The Hall–Kier alpha value is -2.55. The SMILES string of the molecule is CC(C)c1ccc2c(c1)[C@H]1C=CC[C@H]1[C@@H](c1ccc(C(=O)O)cc1)N2. The lowest BCUT2D eigenvalue weighted by Crippen LogP contribution is -2.29. The maximum atomic E-state index is 11.1. The molecule has 0 fully saturated rings. The third-order valence-electron chi connectivity index (χ3n) is 5.57. The first-order valence-electron chi connectivity index (χ1n) is 8.95. The lowest BCUT2D eigenvalue weighted by molar-refractivity contribution is 0.0697. The van der Waals surface area contributed by atoms with Crippen molar-refractivity contribution >= 4 is 11.7 Å². The van der Waals surface area contributed by atoms with Crippen LogP contribution < -0.4 is 5.32 Å². The quantitative estimate of drug-likeness (QED) is 0.746. The number of fused-ring (bicyclic) bond motifs is 3. The van der Waals surface area contributed by atoms with Crippen LogP contribution in [-0.2, 0) is 0 Å². The van der Waals surface area contributed by atoms with Gasteiger partial charge in [0.15, 0.2) is 0 Å². The van der Waals surface area contributed by atoms with Crippen LogP contribution in [-0.4, -0.2) is 11.1 Å². The topological polar surface area (TPSA) is 49.3 Å². The Morgan fingerprint density at radius 2 is 1.92 bits per heavy atom. The van der Waals surface area contributed by atoms with Crippen molar-refractivity contribution in [3.05, 3.63) is 76.9 Å². The van der Waals surface area contributed by atoms with Crippen LogP contribution in [0.5, 0.6) is 0 Å². The summed E-state index contributed by atoms with van der Waals surface area (Å²) in [5.41, 5.74) is 5.46. The minimum atomic E-state index is -0.880. The molecule has 0 amide bonds. The van der Waals surface area contributed by atoms with Crippen LogP contribution in [0.2, 0.25) is 0 Å². The molecular formula is C22H23NO2. The number of nitrogens with one attached hydrogen (secondary N) is 1. The van der Waals surface area contributed by atoms with Crippen LogP contribution in [0.1, 0.15) is 65.2 Å². The molecule has 2 N–H and O–H groups in total. The zero-order chi connectivity index (χ0) is 17.6. The molecule has 0 aromatic heterocycles. The van der Waals surface area contributed by atoms with Crippen molar-refractivity contribution in [2.24, 2.45) is 5.92 Å². The van der Waals surface area contributed by atoms with Gasteiger partial charge in [0.1, 0.15) is 0 Å². The Morgan fingerprint density at radius 1 is 1.16 bits per heavy atom. The Morgan fingerprint density at radius 3 is 2.60 bits per heavy atom. The Balaban J connectivity index is 1.71. The fourth-order valence-corrected chi connectivity index (χ4v) is 4.14. The van der Waals surface area contributed by atoms with Gasteiger partial charge in [-0.3, -0.25) is 0 Å². The van der Waals surface area contributed by atoms with Crippen molar-refractivity contribution in [3.63, 3.8) is 0 Å². The first-order valence-corrected chi connectivity index (χ1v) is 8.95. The van der Waals surface area contributed by atoms with E-state index < -0.39 is 5.97 Å². The zero-order valence-electron chi connectivity index (χ0n) is 14.6. The number of benzene rings is 2. The number of rotatable bonds is 3. The molecule has 3 atom stereocenters. The molecule has 2 aromatic carbocycles. The summed E-state index contributed by atoms with van der Waals surface area (Å²) in [5.74, 6) is 0.551. The fourth-order valence-electron chi connectivity index (χ4n) is 4.14. The molecule has 2 aromatic rings. The normalized spacial score (nSPS) is 23.9. The molecule has 3 nitrogen and oxygen atoms in total. The summed E-state index contributed by atoms with van der Waals surface area (Å²) in [7, 11) is 0. The smallest absolute Gasteiger partial charge is 0.335 e. The average molecular weight is 333 g/mol. The summed E-state index contributed by atoms with van der Waals surface area (Å²) in [6.45, 7) is 4.46. The van der Waals surface area contributed by atoms with Crippen LogP contribution in [0.3, 0.4) is 0 Å². The zero-order valence-corrected chi connectivity index (χ0v) is 14.6. The average Bonchev–Trinajstić information content (AvgIpc) is 3.10. The van der Waals surface area contributed by atoms with Crippen molar-refractivity contribution in [1.82, 2.24) is 0 Å². The number of carboxylic acid groups (broad SMARTS) is 1. The van der Waals surface area contributed by atoms with Gasteiger partial charge in [-0.25, -0.2) is 4.79 Å². The molecule has 2 aliphatic rings. The highest BCUT2D eigenvalue weighted by molar-refractivity contribution is 5.87. The van der Waals surface area contributed by atoms with Crippen LogP contribution in [0.25, 0.3) is 0 Å². The van der Waals surface area contributed by atoms with Gasteiger partial charge in [0.25, 0.3) is 0 Å². The van der Waals surface area contributed by atoms with E-state index in [1.54, 1.807) is 12.1 Å². The van der Waals surface area contributed by atoms with Crippen LogP contribution in [0.15, 0.2) is 54.6 Å². The molecule has 3 heteroatoms. The number of carboxylic acids is 1. The molecule has 0 spiro atoms. The van der Waals surface area contributed by atoms with Gasteiger partial charge in [-0.1, -0.05) is 50.3 Å². The van der Waals surface area contributed by atoms with Crippen molar-refractivity contribution in [2.75, 3.05) is 5.32 Å².